The summed E-state index contributed by atoms with van der Waals surface area (Å²) in [6, 6.07) is 17.7. The number of amides is 1. The zero-order chi connectivity index (χ0) is 15.6. The van der Waals surface area contributed by atoms with Crippen LogP contribution in [0.15, 0.2) is 48.5 Å². The fourth-order valence-corrected chi connectivity index (χ4v) is 3.69. The van der Waals surface area contributed by atoms with Crippen molar-refractivity contribution in [3.05, 3.63) is 65.2 Å². The molecule has 2 aromatic rings. The van der Waals surface area contributed by atoms with Crippen LogP contribution in [0.2, 0.25) is 0 Å². The van der Waals surface area contributed by atoms with Gasteiger partial charge in [-0.25, -0.2) is 0 Å². The molecule has 0 atom stereocenters. The van der Waals surface area contributed by atoms with E-state index in [1.54, 1.807) is 0 Å². The molecule has 0 aromatic heterocycles. The van der Waals surface area contributed by atoms with Crippen LogP contribution in [0.5, 0.6) is 0 Å². The van der Waals surface area contributed by atoms with E-state index >= 15 is 0 Å². The third-order valence-electron chi connectivity index (χ3n) is 4.92. The number of carbonyl (C=O) groups is 1. The highest BCUT2D eigenvalue weighted by molar-refractivity contribution is 5.78. The van der Waals surface area contributed by atoms with Crippen LogP contribution in [0.3, 0.4) is 0 Å². The van der Waals surface area contributed by atoms with E-state index in [-0.39, 0.29) is 5.91 Å². The summed E-state index contributed by atoms with van der Waals surface area (Å²) in [5.41, 5.74) is 5.31. The number of hydrogen-bond donors (Lipinski definition) is 1. The van der Waals surface area contributed by atoms with Crippen molar-refractivity contribution in [2.24, 2.45) is 0 Å². The fourth-order valence-electron chi connectivity index (χ4n) is 3.69. The Morgan fingerprint density at radius 1 is 1.00 bits per heavy atom. The first-order chi connectivity index (χ1) is 11.3. The molecule has 2 aliphatic rings. The maximum Gasteiger partial charge on any atom is 0.222 e. The van der Waals surface area contributed by atoms with Gasteiger partial charge in [-0.05, 0) is 48.1 Å². The quantitative estimate of drug-likeness (QED) is 0.939. The first-order valence-electron chi connectivity index (χ1n) is 8.48. The second kappa shape index (κ2) is 6.07. The molecule has 2 aromatic carbocycles. The average molecular weight is 306 g/mol. The highest BCUT2D eigenvalue weighted by Crippen LogP contribution is 2.25. The minimum absolute atomic E-state index is 0.288. The van der Waals surface area contributed by atoms with Crippen LogP contribution in [0.1, 0.15) is 29.5 Å². The average Bonchev–Trinajstić information content (AvgIpc) is 3.15. The summed E-state index contributed by atoms with van der Waals surface area (Å²) in [5, 5.41) is 3.64. The van der Waals surface area contributed by atoms with Crippen molar-refractivity contribution in [2.75, 3.05) is 11.9 Å². The van der Waals surface area contributed by atoms with Gasteiger partial charge in [-0.1, -0.05) is 36.4 Å². The molecule has 1 amide bonds. The van der Waals surface area contributed by atoms with Gasteiger partial charge in [0.15, 0.2) is 0 Å². The largest absolute Gasteiger partial charge is 0.382 e. The lowest BCUT2D eigenvalue weighted by Gasteiger charge is -2.17. The van der Waals surface area contributed by atoms with Gasteiger partial charge in [0.2, 0.25) is 5.91 Å². The van der Waals surface area contributed by atoms with E-state index in [2.05, 4.69) is 53.8 Å². The molecule has 0 radical (unpaired) electrons. The number of carbonyl (C=O) groups excluding carboxylic acids is 1. The van der Waals surface area contributed by atoms with Gasteiger partial charge in [-0.15, -0.1) is 0 Å². The van der Waals surface area contributed by atoms with Gasteiger partial charge in [0.1, 0.15) is 0 Å². The topological polar surface area (TPSA) is 32.3 Å². The minimum Gasteiger partial charge on any atom is -0.382 e. The number of nitrogens with zero attached hydrogens (tertiary/aromatic N) is 1. The smallest absolute Gasteiger partial charge is 0.222 e. The van der Waals surface area contributed by atoms with Gasteiger partial charge >= 0.3 is 0 Å². The van der Waals surface area contributed by atoms with E-state index in [0.717, 1.165) is 32.4 Å². The van der Waals surface area contributed by atoms with Gasteiger partial charge in [0.05, 0.1) is 0 Å². The molecule has 3 heteroatoms. The van der Waals surface area contributed by atoms with E-state index in [1.807, 2.05) is 4.90 Å². The number of benzene rings is 2. The summed E-state index contributed by atoms with van der Waals surface area (Å²) in [5.74, 6) is 0.288. The molecule has 1 heterocycles. The Morgan fingerprint density at radius 2 is 1.70 bits per heavy atom. The highest BCUT2D eigenvalue weighted by atomic mass is 16.2. The summed E-state index contributed by atoms with van der Waals surface area (Å²) in [6.07, 6.45) is 3.91. The number of nitrogens with one attached hydrogen (secondary N) is 1. The Bertz CT molecular complexity index is 683. The fraction of sp³-hybridized carbons (Fsp3) is 0.350. The maximum absolute atomic E-state index is 11.7. The standard InChI is InChI=1S/C20H22N2O/c23-20-6-3-11-22(20)14-15-7-9-18(10-8-15)21-19-12-16-4-1-2-5-17(16)13-19/h1-2,4-5,7-10,19,21H,3,6,11-14H2. The van der Waals surface area contributed by atoms with Crippen molar-refractivity contribution in [2.45, 2.75) is 38.3 Å². The summed E-state index contributed by atoms with van der Waals surface area (Å²) in [6.45, 7) is 1.65. The number of anilines is 1. The summed E-state index contributed by atoms with van der Waals surface area (Å²) in [4.78, 5) is 13.7. The van der Waals surface area contributed by atoms with Crippen LogP contribution < -0.4 is 5.32 Å². The molecular weight excluding hydrogens is 284 g/mol. The van der Waals surface area contributed by atoms with Gasteiger partial charge in [0, 0.05) is 31.2 Å². The van der Waals surface area contributed by atoms with Crippen molar-refractivity contribution in [1.82, 2.24) is 4.90 Å². The van der Waals surface area contributed by atoms with E-state index in [4.69, 9.17) is 0 Å². The van der Waals surface area contributed by atoms with Crippen molar-refractivity contribution in [1.29, 1.82) is 0 Å². The van der Waals surface area contributed by atoms with Crippen molar-refractivity contribution in [3.8, 4) is 0 Å². The first kappa shape index (κ1) is 14.3. The first-order valence-corrected chi connectivity index (χ1v) is 8.48. The van der Waals surface area contributed by atoms with Crippen LogP contribution in [0, 0.1) is 0 Å². The summed E-state index contributed by atoms with van der Waals surface area (Å²) < 4.78 is 0. The van der Waals surface area contributed by atoms with Crippen LogP contribution in [-0.2, 0) is 24.2 Å². The molecule has 0 spiro atoms. The van der Waals surface area contributed by atoms with Crippen LogP contribution in [0.25, 0.3) is 0 Å². The molecule has 1 saturated heterocycles. The Balaban J connectivity index is 1.37. The van der Waals surface area contributed by atoms with E-state index in [9.17, 15) is 4.79 Å². The summed E-state index contributed by atoms with van der Waals surface area (Å²) >= 11 is 0. The Hall–Kier alpha value is -2.29. The molecule has 1 N–H and O–H groups in total. The van der Waals surface area contributed by atoms with Crippen molar-refractivity contribution >= 4 is 11.6 Å². The lowest BCUT2D eigenvalue weighted by Crippen LogP contribution is -2.23. The molecule has 0 unspecified atom stereocenters. The minimum atomic E-state index is 0.288. The lowest BCUT2D eigenvalue weighted by molar-refractivity contribution is -0.128. The maximum atomic E-state index is 11.7. The van der Waals surface area contributed by atoms with Gasteiger partial charge in [-0.2, -0.15) is 0 Å². The Labute approximate surface area is 137 Å². The van der Waals surface area contributed by atoms with Gasteiger partial charge in [0.25, 0.3) is 0 Å². The molecule has 1 aliphatic carbocycles. The molecular formula is C20H22N2O. The molecule has 0 bridgehead atoms. The third-order valence-corrected chi connectivity index (χ3v) is 4.92. The zero-order valence-corrected chi connectivity index (χ0v) is 13.3. The Kier molecular flexibility index (Phi) is 3.78. The third kappa shape index (κ3) is 3.09. The van der Waals surface area contributed by atoms with Crippen LogP contribution in [0.4, 0.5) is 5.69 Å². The number of fused-ring (bicyclic) bond motifs is 1. The second-order valence-corrected chi connectivity index (χ2v) is 6.63. The van der Waals surface area contributed by atoms with Crippen molar-refractivity contribution < 1.29 is 4.79 Å². The normalized spacial score (nSPS) is 17.6. The predicted octanol–water partition coefficient (Wildman–Crippen LogP) is 3.39. The molecule has 4 rings (SSSR count). The van der Waals surface area contributed by atoms with E-state index in [1.165, 1.54) is 22.4 Å². The van der Waals surface area contributed by atoms with E-state index < -0.39 is 0 Å². The number of hydrogen-bond acceptors (Lipinski definition) is 2. The molecule has 118 valence electrons. The predicted molar refractivity (Wildman–Crippen MR) is 92.4 cm³/mol. The van der Waals surface area contributed by atoms with Crippen LogP contribution >= 0.6 is 0 Å². The molecule has 23 heavy (non-hydrogen) atoms. The Morgan fingerprint density at radius 3 is 2.30 bits per heavy atom. The number of likely N-dealkylation sites (tertiary alicyclic amines) is 1. The lowest BCUT2D eigenvalue weighted by atomic mass is 10.1. The SMILES string of the molecule is O=C1CCCN1Cc1ccc(NC2Cc3ccccc3C2)cc1. The van der Waals surface area contributed by atoms with Crippen LogP contribution in [-0.4, -0.2) is 23.4 Å². The van der Waals surface area contributed by atoms with Gasteiger partial charge in [-0.3, -0.25) is 4.79 Å². The van der Waals surface area contributed by atoms with Gasteiger partial charge < -0.3 is 10.2 Å². The molecule has 1 aliphatic heterocycles. The highest BCUT2D eigenvalue weighted by Gasteiger charge is 2.21. The summed E-state index contributed by atoms with van der Waals surface area (Å²) in [7, 11) is 0. The molecule has 3 nitrogen and oxygen atoms in total. The number of rotatable bonds is 4. The molecule has 1 fully saturated rings. The van der Waals surface area contributed by atoms with Crippen molar-refractivity contribution in [3.63, 3.8) is 0 Å². The second-order valence-electron chi connectivity index (χ2n) is 6.63. The molecule has 0 saturated carbocycles. The monoisotopic (exact) mass is 306 g/mol. The van der Waals surface area contributed by atoms with E-state index in [0.29, 0.717) is 12.5 Å². The zero-order valence-electron chi connectivity index (χ0n) is 13.3.